The number of halogens is 3. The summed E-state index contributed by atoms with van der Waals surface area (Å²) in [5.41, 5.74) is -0.145. The van der Waals surface area contributed by atoms with Gasteiger partial charge in [0.05, 0.1) is 13.2 Å². The lowest BCUT2D eigenvalue weighted by Crippen LogP contribution is -2.42. The first kappa shape index (κ1) is 16.4. The molecule has 0 radical (unpaired) electrons. The van der Waals surface area contributed by atoms with E-state index in [1.165, 1.54) is 4.90 Å². The second-order valence-electron chi connectivity index (χ2n) is 6.23. The maximum Gasteiger partial charge on any atom is 0.401 e. The summed E-state index contributed by atoms with van der Waals surface area (Å²) in [5.74, 6) is 0.0610. The average Bonchev–Trinajstić information content (AvgIpc) is 3.06. The minimum absolute atomic E-state index is 0.0610. The smallest absolute Gasteiger partial charge is 0.396 e. The molecule has 2 rings (SSSR count). The average molecular weight is 309 g/mol. The molecule has 2 amide bonds. The highest BCUT2D eigenvalue weighted by Crippen LogP contribution is 2.44. The van der Waals surface area contributed by atoms with Gasteiger partial charge in [0.15, 0.2) is 0 Å². The fraction of sp³-hybridized carbons (Fsp3) is 0.923. The fourth-order valence-electron chi connectivity index (χ4n) is 2.61. The van der Waals surface area contributed by atoms with Gasteiger partial charge < -0.3 is 15.7 Å². The number of carbonyl (C=O) groups is 1. The van der Waals surface area contributed by atoms with Gasteiger partial charge in [-0.1, -0.05) is 0 Å². The second kappa shape index (κ2) is 6.39. The van der Waals surface area contributed by atoms with Crippen LogP contribution in [0.15, 0.2) is 0 Å². The minimum atomic E-state index is -4.16. The Morgan fingerprint density at radius 2 is 2.05 bits per heavy atom. The van der Waals surface area contributed by atoms with Crippen molar-refractivity contribution in [1.29, 1.82) is 0 Å². The molecule has 0 bridgehead atoms. The Bertz CT molecular complexity index is 372. The third-order valence-corrected chi connectivity index (χ3v) is 4.24. The summed E-state index contributed by atoms with van der Waals surface area (Å²) >= 11 is 0. The number of carbonyl (C=O) groups excluding carboxylic acids is 1. The van der Waals surface area contributed by atoms with Crippen LogP contribution in [0.4, 0.5) is 18.0 Å². The van der Waals surface area contributed by atoms with Gasteiger partial charge in [-0.3, -0.25) is 4.90 Å². The normalized spacial score (nSPS) is 24.9. The molecule has 0 aromatic heterocycles. The summed E-state index contributed by atoms with van der Waals surface area (Å²) in [6.45, 7) is 0.797. The van der Waals surface area contributed by atoms with E-state index in [1.807, 2.05) is 0 Å². The van der Waals surface area contributed by atoms with Crippen molar-refractivity contribution in [3.05, 3.63) is 0 Å². The molecular weight excluding hydrogens is 287 g/mol. The van der Waals surface area contributed by atoms with Crippen LogP contribution < -0.4 is 10.6 Å². The van der Waals surface area contributed by atoms with E-state index in [9.17, 15) is 18.0 Å². The molecule has 2 aliphatic rings. The number of amides is 2. The quantitative estimate of drug-likeness (QED) is 0.684. The van der Waals surface area contributed by atoms with Gasteiger partial charge in [0.1, 0.15) is 0 Å². The number of hydrogen-bond acceptors (Lipinski definition) is 3. The van der Waals surface area contributed by atoms with E-state index in [4.69, 9.17) is 5.11 Å². The zero-order valence-corrected chi connectivity index (χ0v) is 11.9. The van der Waals surface area contributed by atoms with Crippen LogP contribution in [0.5, 0.6) is 0 Å². The van der Waals surface area contributed by atoms with Gasteiger partial charge in [-0.15, -0.1) is 0 Å². The molecule has 122 valence electrons. The molecule has 1 atom stereocenters. The summed E-state index contributed by atoms with van der Waals surface area (Å²) in [5, 5.41) is 14.5. The lowest BCUT2D eigenvalue weighted by atomic mass is 10.1. The predicted octanol–water partition coefficient (Wildman–Crippen LogP) is 0.942. The molecular formula is C13H22F3N3O2. The topological polar surface area (TPSA) is 64.6 Å². The van der Waals surface area contributed by atoms with E-state index in [0.717, 1.165) is 12.8 Å². The fourth-order valence-corrected chi connectivity index (χ4v) is 2.61. The molecule has 1 heterocycles. The van der Waals surface area contributed by atoms with Crippen LogP contribution >= 0.6 is 0 Å². The first-order valence-electron chi connectivity index (χ1n) is 7.24. The summed E-state index contributed by atoms with van der Waals surface area (Å²) < 4.78 is 36.8. The summed E-state index contributed by atoms with van der Waals surface area (Å²) in [4.78, 5) is 13.0. The largest absolute Gasteiger partial charge is 0.401 e. The standard InChI is InChI=1S/C13H22F3N3O2/c14-13(15,16)8-19-4-1-10(6-19)5-17-11(21)18-7-12(9-20)2-3-12/h10,20H,1-9H2,(H2,17,18,21). The number of nitrogens with zero attached hydrogens (tertiary/aromatic N) is 1. The summed E-state index contributed by atoms with van der Waals surface area (Å²) in [7, 11) is 0. The highest BCUT2D eigenvalue weighted by molar-refractivity contribution is 5.73. The Balaban J connectivity index is 1.59. The van der Waals surface area contributed by atoms with Crippen LogP contribution in [0.25, 0.3) is 0 Å². The van der Waals surface area contributed by atoms with E-state index in [1.54, 1.807) is 0 Å². The first-order chi connectivity index (χ1) is 9.82. The zero-order chi connectivity index (χ0) is 15.5. The number of rotatable bonds is 6. The second-order valence-corrected chi connectivity index (χ2v) is 6.23. The van der Waals surface area contributed by atoms with Gasteiger partial charge in [0, 0.05) is 25.0 Å². The highest BCUT2D eigenvalue weighted by Gasteiger charge is 2.42. The van der Waals surface area contributed by atoms with Crippen molar-refractivity contribution < 1.29 is 23.1 Å². The van der Waals surface area contributed by atoms with Crippen LogP contribution in [-0.2, 0) is 0 Å². The Morgan fingerprint density at radius 3 is 2.62 bits per heavy atom. The first-order valence-corrected chi connectivity index (χ1v) is 7.24. The number of nitrogens with one attached hydrogen (secondary N) is 2. The molecule has 21 heavy (non-hydrogen) atoms. The summed E-state index contributed by atoms with van der Waals surface area (Å²) in [6.07, 6.45) is -1.67. The van der Waals surface area contributed by atoms with Gasteiger partial charge in [-0.25, -0.2) is 4.79 Å². The molecule has 1 aliphatic carbocycles. The van der Waals surface area contributed by atoms with Crippen molar-refractivity contribution in [3.63, 3.8) is 0 Å². The van der Waals surface area contributed by atoms with E-state index in [2.05, 4.69) is 10.6 Å². The van der Waals surface area contributed by atoms with Crippen molar-refractivity contribution in [3.8, 4) is 0 Å². The van der Waals surface area contributed by atoms with Crippen LogP contribution in [0.1, 0.15) is 19.3 Å². The van der Waals surface area contributed by atoms with Crippen molar-refractivity contribution in [2.75, 3.05) is 39.3 Å². The van der Waals surface area contributed by atoms with Gasteiger partial charge >= 0.3 is 12.2 Å². The van der Waals surface area contributed by atoms with E-state index >= 15 is 0 Å². The minimum Gasteiger partial charge on any atom is -0.396 e. The summed E-state index contributed by atoms with van der Waals surface area (Å²) in [6, 6.07) is -0.316. The molecule has 1 saturated carbocycles. The molecule has 0 aromatic carbocycles. The van der Waals surface area contributed by atoms with E-state index < -0.39 is 12.7 Å². The van der Waals surface area contributed by atoms with Gasteiger partial charge in [-0.2, -0.15) is 13.2 Å². The van der Waals surface area contributed by atoms with Crippen molar-refractivity contribution in [1.82, 2.24) is 15.5 Å². The van der Waals surface area contributed by atoms with Crippen molar-refractivity contribution >= 4 is 6.03 Å². The molecule has 5 nitrogen and oxygen atoms in total. The molecule has 2 fully saturated rings. The monoisotopic (exact) mass is 309 g/mol. The number of aliphatic hydroxyl groups excluding tert-OH is 1. The maximum atomic E-state index is 12.3. The van der Waals surface area contributed by atoms with Crippen molar-refractivity contribution in [2.24, 2.45) is 11.3 Å². The van der Waals surface area contributed by atoms with Crippen LogP contribution in [0, 0.1) is 11.3 Å². The third-order valence-electron chi connectivity index (χ3n) is 4.24. The zero-order valence-electron chi connectivity index (χ0n) is 11.9. The lowest BCUT2D eigenvalue weighted by molar-refractivity contribution is -0.143. The predicted molar refractivity (Wildman–Crippen MR) is 70.8 cm³/mol. The molecule has 0 spiro atoms. The van der Waals surface area contributed by atoms with Crippen LogP contribution in [0.2, 0.25) is 0 Å². The molecule has 8 heteroatoms. The van der Waals surface area contributed by atoms with Crippen LogP contribution in [-0.4, -0.2) is 61.5 Å². The molecule has 1 unspecified atom stereocenters. The van der Waals surface area contributed by atoms with Crippen LogP contribution in [0.3, 0.4) is 0 Å². The molecule has 3 N–H and O–H groups in total. The Kier molecular flexibility index (Phi) is 4.98. The third kappa shape index (κ3) is 5.35. The SMILES string of the molecule is O=C(NCC1CCN(CC(F)(F)F)C1)NCC1(CO)CC1. The van der Waals surface area contributed by atoms with Gasteiger partial charge in [0.25, 0.3) is 0 Å². The molecule has 1 aliphatic heterocycles. The van der Waals surface area contributed by atoms with E-state index in [0.29, 0.717) is 32.6 Å². The molecule has 0 aromatic rings. The molecule has 1 saturated heterocycles. The lowest BCUT2D eigenvalue weighted by Gasteiger charge is -2.18. The number of aliphatic hydroxyl groups is 1. The number of urea groups is 1. The highest BCUT2D eigenvalue weighted by atomic mass is 19.4. The van der Waals surface area contributed by atoms with Gasteiger partial charge in [0.2, 0.25) is 0 Å². The Hall–Kier alpha value is -1.02. The number of hydrogen-bond donors (Lipinski definition) is 3. The maximum absolute atomic E-state index is 12.3. The van der Waals surface area contributed by atoms with Gasteiger partial charge in [-0.05, 0) is 31.7 Å². The number of likely N-dealkylation sites (tertiary alicyclic amines) is 1. The Morgan fingerprint density at radius 1 is 1.33 bits per heavy atom. The van der Waals surface area contributed by atoms with E-state index in [-0.39, 0.29) is 24.0 Å². The Labute approximate surface area is 121 Å². The van der Waals surface area contributed by atoms with Crippen molar-refractivity contribution in [2.45, 2.75) is 25.4 Å². The number of alkyl halides is 3.